The molecule has 1 aliphatic rings. The third kappa shape index (κ3) is 3.83. The van der Waals surface area contributed by atoms with Gasteiger partial charge in [0.2, 0.25) is 0 Å². The van der Waals surface area contributed by atoms with E-state index in [1.165, 1.54) is 18.2 Å². The van der Waals surface area contributed by atoms with Gasteiger partial charge in [-0.25, -0.2) is 4.39 Å². The second-order valence-corrected chi connectivity index (χ2v) is 7.43. The molecule has 2 heterocycles. The molecule has 3 aromatic rings. The lowest BCUT2D eigenvalue weighted by molar-refractivity contribution is 0.0536. The molecule has 1 saturated heterocycles. The number of aryl methyl sites for hydroxylation is 2. The van der Waals surface area contributed by atoms with Crippen LogP contribution in [-0.2, 0) is 0 Å². The normalized spacial score (nSPS) is 14.3. The maximum atomic E-state index is 13.4. The highest BCUT2D eigenvalue weighted by atomic mass is 19.1. The summed E-state index contributed by atoms with van der Waals surface area (Å²) >= 11 is 0. The first-order valence-corrected chi connectivity index (χ1v) is 9.64. The van der Waals surface area contributed by atoms with Crippen LogP contribution in [0.4, 0.5) is 4.39 Å². The van der Waals surface area contributed by atoms with Crippen molar-refractivity contribution in [1.82, 2.24) is 14.8 Å². The summed E-state index contributed by atoms with van der Waals surface area (Å²) < 4.78 is 13.4. The molecule has 0 unspecified atom stereocenters. The molecule has 0 aliphatic carbocycles. The number of carbonyl (C=O) groups excluding carboxylic acids is 2. The summed E-state index contributed by atoms with van der Waals surface area (Å²) in [6.07, 6.45) is 0. The van der Waals surface area contributed by atoms with Gasteiger partial charge in [0.1, 0.15) is 5.82 Å². The first kappa shape index (κ1) is 19.1. The molecule has 5 nitrogen and oxygen atoms in total. The van der Waals surface area contributed by atoms with Crippen molar-refractivity contribution in [2.24, 2.45) is 0 Å². The quantitative estimate of drug-likeness (QED) is 0.671. The van der Waals surface area contributed by atoms with Crippen molar-refractivity contribution in [3.8, 4) is 0 Å². The van der Waals surface area contributed by atoms with Gasteiger partial charge in [-0.3, -0.25) is 14.6 Å². The molecule has 29 heavy (non-hydrogen) atoms. The van der Waals surface area contributed by atoms with Crippen molar-refractivity contribution in [1.29, 1.82) is 0 Å². The molecule has 0 saturated carbocycles. The molecule has 1 aromatic heterocycles. The fourth-order valence-corrected chi connectivity index (χ4v) is 3.74. The number of nitrogens with zero attached hydrogens (tertiary/aromatic N) is 3. The maximum absolute atomic E-state index is 13.4. The van der Waals surface area contributed by atoms with E-state index in [1.807, 2.05) is 38.1 Å². The number of hydrogen-bond acceptors (Lipinski definition) is 3. The molecular weight excluding hydrogens is 369 g/mol. The summed E-state index contributed by atoms with van der Waals surface area (Å²) in [6.45, 7) is 5.59. The predicted octanol–water partition coefficient (Wildman–Crippen LogP) is 3.59. The standard InChI is InChI=1S/C23H22FN3O2/c1-15-6-7-21-19(12-15)20(13-16(2)25-21)23(29)27-10-8-26(9-11-27)22(28)17-4-3-5-18(24)14-17/h3-7,12-14H,8-11H2,1-2H3. The van der Waals surface area contributed by atoms with Gasteiger partial charge in [-0.2, -0.15) is 0 Å². The number of pyridine rings is 1. The van der Waals surface area contributed by atoms with Crippen molar-refractivity contribution in [2.45, 2.75) is 13.8 Å². The van der Waals surface area contributed by atoms with E-state index >= 15 is 0 Å². The minimum Gasteiger partial charge on any atom is -0.335 e. The smallest absolute Gasteiger partial charge is 0.254 e. The van der Waals surface area contributed by atoms with Crippen LogP contribution in [0.25, 0.3) is 10.9 Å². The van der Waals surface area contributed by atoms with Crippen molar-refractivity contribution in [3.05, 3.63) is 76.7 Å². The number of rotatable bonds is 2. The third-order valence-corrected chi connectivity index (χ3v) is 5.25. The Hall–Kier alpha value is -3.28. The highest BCUT2D eigenvalue weighted by molar-refractivity contribution is 6.06. The number of benzene rings is 2. The van der Waals surface area contributed by atoms with Crippen molar-refractivity contribution in [2.75, 3.05) is 26.2 Å². The van der Waals surface area contributed by atoms with Gasteiger partial charge in [0.25, 0.3) is 11.8 Å². The van der Waals surface area contributed by atoms with Crippen molar-refractivity contribution in [3.63, 3.8) is 0 Å². The molecule has 2 amide bonds. The van der Waals surface area contributed by atoms with Crippen molar-refractivity contribution >= 4 is 22.7 Å². The fourth-order valence-electron chi connectivity index (χ4n) is 3.74. The van der Waals surface area contributed by atoms with E-state index in [9.17, 15) is 14.0 Å². The molecule has 0 bridgehead atoms. The van der Waals surface area contributed by atoms with E-state index in [-0.39, 0.29) is 11.8 Å². The van der Waals surface area contributed by atoms with Crippen LogP contribution in [-0.4, -0.2) is 52.8 Å². The fraction of sp³-hybridized carbons (Fsp3) is 0.261. The Morgan fingerprint density at radius 2 is 1.59 bits per heavy atom. The number of aromatic nitrogens is 1. The van der Waals surface area contributed by atoms with Gasteiger partial charge >= 0.3 is 0 Å². The number of piperazine rings is 1. The zero-order valence-electron chi connectivity index (χ0n) is 16.5. The van der Waals surface area contributed by atoms with E-state index in [4.69, 9.17) is 0 Å². The minimum absolute atomic E-state index is 0.0519. The minimum atomic E-state index is -0.431. The Labute approximate surface area is 168 Å². The van der Waals surface area contributed by atoms with Gasteiger partial charge in [-0.1, -0.05) is 17.7 Å². The molecule has 148 valence electrons. The molecule has 0 atom stereocenters. The van der Waals surface area contributed by atoms with E-state index in [2.05, 4.69) is 4.98 Å². The van der Waals surface area contributed by atoms with E-state index in [1.54, 1.807) is 15.9 Å². The zero-order chi connectivity index (χ0) is 20.5. The second-order valence-electron chi connectivity index (χ2n) is 7.43. The average Bonchev–Trinajstić information content (AvgIpc) is 2.72. The number of fused-ring (bicyclic) bond motifs is 1. The van der Waals surface area contributed by atoms with E-state index in [0.29, 0.717) is 37.3 Å². The molecule has 2 aromatic carbocycles. The van der Waals surface area contributed by atoms with E-state index in [0.717, 1.165) is 22.2 Å². The Morgan fingerprint density at radius 1 is 0.897 bits per heavy atom. The largest absolute Gasteiger partial charge is 0.335 e. The summed E-state index contributed by atoms with van der Waals surface area (Å²) in [5.74, 6) is -0.693. The number of halogens is 1. The molecule has 0 N–H and O–H groups in total. The molecule has 1 aliphatic heterocycles. The van der Waals surface area contributed by atoms with Gasteiger partial charge in [0, 0.05) is 42.8 Å². The number of carbonyl (C=O) groups is 2. The monoisotopic (exact) mass is 391 g/mol. The molecule has 4 rings (SSSR count). The Morgan fingerprint density at radius 3 is 2.28 bits per heavy atom. The van der Waals surface area contributed by atoms with Crippen LogP contribution in [0.2, 0.25) is 0 Å². The lowest BCUT2D eigenvalue weighted by Gasteiger charge is -2.35. The topological polar surface area (TPSA) is 53.5 Å². The molecule has 0 radical (unpaired) electrons. The SMILES string of the molecule is Cc1ccc2nc(C)cc(C(=O)N3CCN(C(=O)c4cccc(F)c4)CC3)c2c1. The number of amides is 2. The highest BCUT2D eigenvalue weighted by Crippen LogP contribution is 2.22. The van der Waals surface area contributed by atoms with Crippen LogP contribution in [0.15, 0.2) is 48.5 Å². The highest BCUT2D eigenvalue weighted by Gasteiger charge is 2.26. The van der Waals surface area contributed by atoms with Crippen LogP contribution in [0.1, 0.15) is 32.0 Å². The summed E-state index contributed by atoms with van der Waals surface area (Å²) in [5, 5.41) is 0.846. The third-order valence-electron chi connectivity index (χ3n) is 5.25. The first-order chi connectivity index (χ1) is 13.9. The van der Waals surface area contributed by atoms with Gasteiger partial charge < -0.3 is 9.80 Å². The van der Waals surface area contributed by atoms with Crippen LogP contribution in [0.3, 0.4) is 0 Å². The predicted molar refractivity (Wildman–Crippen MR) is 109 cm³/mol. The summed E-state index contributed by atoms with van der Waals surface area (Å²) in [4.78, 5) is 33.8. The zero-order valence-corrected chi connectivity index (χ0v) is 16.5. The van der Waals surface area contributed by atoms with Crippen LogP contribution in [0.5, 0.6) is 0 Å². The Kier molecular flexibility index (Phi) is 5.01. The van der Waals surface area contributed by atoms with Crippen LogP contribution < -0.4 is 0 Å². The van der Waals surface area contributed by atoms with Crippen LogP contribution in [0, 0.1) is 19.7 Å². The molecule has 1 fully saturated rings. The van der Waals surface area contributed by atoms with Gasteiger partial charge in [0.15, 0.2) is 0 Å². The van der Waals surface area contributed by atoms with Gasteiger partial charge in [0.05, 0.1) is 11.1 Å². The Bertz CT molecular complexity index is 1100. The van der Waals surface area contributed by atoms with Crippen molar-refractivity contribution < 1.29 is 14.0 Å². The summed E-state index contributed by atoms with van der Waals surface area (Å²) in [5.41, 5.74) is 3.64. The first-order valence-electron chi connectivity index (χ1n) is 9.64. The summed E-state index contributed by atoms with van der Waals surface area (Å²) in [7, 11) is 0. The van der Waals surface area contributed by atoms with Gasteiger partial charge in [-0.15, -0.1) is 0 Å². The van der Waals surface area contributed by atoms with E-state index < -0.39 is 5.82 Å². The second kappa shape index (κ2) is 7.62. The van der Waals surface area contributed by atoms with Gasteiger partial charge in [-0.05, 0) is 50.2 Å². The lowest BCUT2D eigenvalue weighted by atomic mass is 10.0. The van der Waals surface area contributed by atoms with Crippen LogP contribution >= 0.6 is 0 Å². The molecule has 6 heteroatoms. The Balaban J connectivity index is 1.52. The average molecular weight is 391 g/mol. The number of hydrogen-bond donors (Lipinski definition) is 0. The molecular formula is C23H22FN3O2. The summed E-state index contributed by atoms with van der Waals surface area (Å²) in [6, 6.07) is 13.4. The molecule has 0 spiro atoms. The maximum Gasteiger partial charge on any atom is 0.254 e. The lowest BCUT2D eigenvalue weighted by Crippen LogP contribution is -2.50.